The lowest BCUT2D eigenvalue weighted by molar-refractivity contribution is 0.0724. The predicted octanol–water partition coefficient (Wildman–Crippen LogP) is 1.50. The zero-order chi connectivity index (χ0) is 11.0. The minimum absolute atomic E-state index is 0.0735. The largest absolute Gasteiger partial charge is 0.439 e. The van der Waals surface area contributed by atoms with Gasteiger partial charge in [-0.1, -0.05) is 19.3 Å². The lowest BCUT2D eigenvalue weighted by Crippen LogP contribution is -2.41. The summed E-state index contributed by atoms with van der Waals surface area (Å²) in [5.74, 6) is 0. The summed E-state index contributed by atoms with van der Waals surface area (Å²) in [4.78, 5) is 13.9. The molecule has 90 valence electrons. The van der Waals surface area contributed by atoms with Gasteiger partial charge < -0.3 is 15.0 Å². The van der Waals surface area contributed by atoms with Gasteiger partial charge in [0.05, 0.1) is 6.54 Å². The van der Waals surface area contributed by atoms with Gasteiger partial charge in [-0.3, -0.25) is 0 Å². The van der Waals surface area contributed by atoms with E-state index in [1.165, 1.54) is 32.1 Å². The first-order valence-electron chi connectivity index (χ1n) is 6.49. The third-order valence-corrected chi connectivity index (χ3v) is 4.22. The number of nitrogens with one attached hydrogen (secondary N) is 1. The van der Waals surface area contributed by atoms with Gasteiger partial charge >= 0.3 is 6.09 Å². The highest BCUT2D eigenvalue weighted by Gasteiger charge is 2.48. The summed E-state index contributed by atoms with van der Waals surface area (Å²) in [6.45, 7) is 2.62. The zero-order valence-electron chi connectivity index (χ0n) is 9.71. The van der Waals surface area contributed by atoms with Crippen molar-refractivity contribution < 1.29 is 9.53 Å². The summed E-state index contributed by atoms with van der Waals surface area (Å²) in [5, 5.41) is 3.30. The number of hydrogen-bond donors (Lipinski definition) is 1. The number of carbonyl (C=O) groups is 1. The highest BCUT2D eigenvalue weighted by Crippen LogP contribution is 2.33. The molecule has 1 aliphatic carbocycles. The van der Waals surface area contributed by atoms with Crippen LogP contribution in [0, 0.1) is 0 Å². The first-order chi connectivity index (χ1) is 7.79. The summed E-state index contributed by atoms with van der Waals surface area (Å²) in [6, 6.07) is 0.446. The van der Waals surface area contributed by atoms with Gasteiger partial charge in [0.1, 0.15) is 5.60 Å². The standard InChI is InChI=1S/C12H20N2O2/c15-11-14(10-4-2-1-3-5-10)9-12(16-11)6-7-13-8-12/h10,13H,1-9H2. The number of carbonyl (C=O) groups excluding carboxylic acids is 1. The molecule has 2 saturated heterocycles. The minimum atomic E-state index is -0.200. The average molecular weight is 224 g/mol. The Kier molecular flexibility index (Phi) is 2.54. The number of nitrogens with zero attached hydrogens (tertiary/aromatic N) is 1. The van der Waals surface area contributed by atoms with Crippen LogP contribution in [0.15, 0.2) is 0 Å². The first-order valence-corrected chi connectivity index (χ1v) is 6.49. The van der Waals surface area contributed by atoms with E-state index in [2.05, 4.69) is 5.32 Å². The molecule has 3 aliphatic rings. The number of ether oxygens (including phenoxy) is 1. The Hall–Kier alpha value is -0.770. The van der Waals surface area contributed by atoms with Crippen LogP contribution in [0.2, 0.25) is 0 Å². The van der Waals surface area contributed by atoms with Gasteiger partial charge in [0.25, 0.3) is 0 Å². The van der Waals surface area contributed by atoms with Crippen LogP contribution in [0.5, 0.6) is 0 Å². The van der Waals surface area contributed by atoms with Gasteiger partial charge in [-0.25, -0.2) is 4.79 Å². The van der Waals surface area contributed by atoms with Crippen molar-refractivity contribution >= 4 is 6.09 Å². The molecule has 1 unspecified atom stereocenters. The summed E-state index contributed by atoms with van der Waals surface area (Å²) in [7, 11) is 0. The lowest BCUT2D eigenvalue weighted by atomic mass is 9.93. The molecule has 3 rings (SSSR count). The lowest BCUT2D eigenvalue weighted by Gasteiger charge is -2.29. The van der Waals surface area contributed by atoms with E-state index in [1.807, 2.05) is 4.90 Å². The van der Waals surface area contributed by atoms with Crippen LogP contribution in [0.3, 0.4) is 0 Å². The maximum absolute atomic E-state index is 11.9. The molecule has 1 amide bonds. The molecule has 16 heavy (non-hydrogen) atoms. The molecule has 1 spiro atoms. The van der Waals surface area contributed by atoms with Crippen LogP contribution < -0.4 is 5.32 Å². The Bertz CT molecular complexity index is 281. The Labute approximate surface area is 96.3 Å². The fourth-order valence-electron chi connectivity index (χ4n) is 3.26. The van der Waals surface area contributed by atoms with Crippen LogP contribution in [0.4, 0.5) is 4.79 Å². The van der Waals surface area contributed by atoms with Crippen molar-refractivity contribution in [1.82, 2.24) is 10.2 Å². The van der Waals surface area contributed by atoms with Gasteiger partial charge in [-0.2, -0.15) is 0 Å². The van der Waals surface area contributed by atoms with E-state index < -0.39 is 0 Å². The van der Waals surface area contributed by atoms with E-state index in [9.17, 15) is 4.79 Å². The van der Waals surface area contributed by atoms with Crippen molar-refractivity contribution in [3.8, 4) is 0 Å². The van der Waals surface area contributed by atoms with Gasteiger partial charge in [-0.15, -0.1) is 0 Å². The monoisotopic (exact) mass is 224 g/mol. The van der Waals surface area contributed by atoms with Crippen molar-refractivity contribution in [2.75, 3.05) is 19.6 Å². The maximum atomic E-state index is 11.9. The first kappa shape index (κ1) is 10.4. The molecule has 1 atom stereocenters. The van der Waals surface area contributed by atoms with E-state index in [4.69, 9.17) is 4.74 Å². The molecule has 4 heteroatoms. The Morgan fingerprint density at radius 3 is 2.81 bits per heavy atom. The van der Waals surface area contributed by atoms with Gasteiger partial charge in [0.2, 0.25) is 0 Å². The summed E-state index contributed by atoms with van der Waals surface area (Å²) < 4.78 is 5.60. The Balaban J connectivity index is 1.69. The van der Waals surface area contributed by atoms with Gasteiger partial charge in [0, 0.05) is 19.0 Å². The fourth-order valence-corrected chi connectivity index (χ4v) is 3.26. The fraction of sp³-hybridized carbons (Fsp3) is 0.917. The summed E-state index contributed by atoms with van der Waals surface area (Å²) in [5.41, 5.74) is -0.200. The molecule has 0 radical (unpaired) electrons. The normalized spacial score (nSPS) is 36.0. The van der Waals surface area contributed by atoms with Gasteiger partial charge in [-0.05, 0) is 19.4 Å². The van der Waals surface area contributed by atoms with E-state index in [0.717, 1.165) is 26.1 Å². The average Bonchev–Trinajstić information content (AvgIpc) is 2.88. The molecular weight excluding hydrogens is 204 g/mol. The Morgan fingerprint density at radius 2 is 2.12 bits per heavy atom. The molecule has 0 bridgehead atoms. The van der Waals surface area contributed by atoms with Crippen LogP contribution in [-0.4, -0.2) is 42.3 Å². The highest BCUT2D eigenvalue weighted by molar-refractivity contribution is 5.71. The second kappa shape index (κ2) is 3.91. The molecule has 2 heterocycles. The van der Waals surface area contributed by atoms with Crippen molar-refractivity contribution in [2.24, 2.45) is 0 Å². The molecule has 0 aromatic heterocycles. The third-order valence-electron chi connectivity index (χ3n) is 4.22. The molecular formula is C12H20N2O2. The predicted molar refractivity (Wildman–Crippen MR) is 60.3 cm³/mol. The molecule has 2 aliphatic heterocycles. The molecule has 1 saturated carbocycles. The summed E-state index contributed by atoms with van der Waals surface area (Å²) >= 11 is 0. The van der Waals surface area contributed by atoms with E-state index >= 15 is 0 Å². The van der Waals surface area contributed by atoms with Crippen molar-refractivity contribution in [1.29, 1.82) is 0 Å². The van der Waals surface area contributed by atoms with E-state index in [-0.39, 0.29) is 11.7 Å². The molecule has 1 N–H and O–H groups in total. The number of rotatable bonds is 1. The minimum Gasteiger partial charge on any atom is -0.439 e. The van der Waals surface area contributed by atoms with Crippen molar-refractivity contribution in [2.45, 2.75) is 50.2 Å². The quantitative estimate of drug-likeness (QED) is 0.734. The van der Waals surface area contributed by atoms with Crippen molar-refractivity contribution in [3.05, 3.63) is 0 Å². The topological polar surface area (TPSA) is 41.6 Å². The van der Waals surface area contributed by atoms with Crippen molar-refractivity contribution in [3.63, 3.8) is 0 Å². The van der Waals surface area contributed by atoms with Crippen LogP contribution >= 0.6 is 0 Å². The number of amides is 1. The van der Waals surface area contributed by atoms with Crippen LogP contribution in [0.1, 0.15) is 38.5 Å². The summed E-state index contributed by atoms with van der Waals surface area (Å²) in [6.07, 6.45) is 7.08. The maximum Gasteiger partial charge on any atom is 0.410 e. The van der Waals surface area contributed by atoms with E-state index in [1.54, 1.807) is 0 Å². The zero-order valence-corrected chi connectivity index (χ0v) is 9.71. The second-order valence-electron chi connectivity index (χ2n) is 5.40. The molecule has 4 nitrogen and oxygen atoms in total. The smallest absolute Gasteiger partial charge is 0.410 e. The third kappa shape index (κ3) is 1.69. The van der Waals surface area contributed by atoms with Crippen LogP contribution in [-0.2, 0) is 4.74 Å². The second-order valence-corrected chi connectivity index (χ2v) is 5.40. The highest BCUT2D eigenvalue weighted by atomic mass is 16.6. The molecule has 3 fully saturated rings. The number of hydrogen-bond acceptors (Lipinski definition) is 3. The van der Waals surface area contributed by atoms with Gasteiger partial charge in [0.15, 0.2) is 0 Å². The van der Waals surface area contributed by atoms with E-state index in [0.29, 0.717) is 6.04 Å². The SMILES string of the molecule is O=C1OC2(CCNC2)CN1C1CCCCC1. The molecule has 0 aromatic rings. The Morgan fingerprint density at radius 1 is 1.31 bits per heavy atom. The van der Waals surface area contributed by atoms with Crippen LogP contribution in [0.25, 0.3) is 0 Å². The molecule has 0 aromatic carbocycles.